The van der Waals surface area contributed by atoms with Crippen LogP contribution in [0.5, 0.6) is 0 Å². The molecule has 43 heavy (non-hydrogen) atoms. The van der Waals surface area contributed by atoms with Crippen LogP contribution in [0.25, 0.3) is 6.08 Å². The van der Waals surface area contributed by atoms with Crippen molar-refractivity contribution in [1.82, 2.24) is 9.62 Å². The van der Waals surface area contributed by atoms with E-state index in [2.05, 4.69) is 14.6 Å². The maximum atomic E-state index is 13.7. The number of nitrogens with zero attached hydrogens (tertiary/aromatic N) is 3. The summed E-state index contributed by atoms with van der Waals surface area (Å²) in [5.74, 6) is -2.32. The van der Waals surface area contributed by atoms with Crippen LogP contribution in [0.3, 0.4) is 0 Å². The molecule has 0 atom stereocenters. The number of hydrogen-bond acceptors (Lipinski definition) is 7. The summed E-state index contributed by atoms with van der Waals surface area (Å²) < 4.78 is 60.3. The lowest BCUT2D eigenvalue weighted by atomic mass is 9.89. The highest BCUT2D eigenvalue weighted by Gasteiger charge is 2.46. The molecule has 2 aliphatic rings. The number of aliphatic imine (C=N–C) groups is 1. The zero-order valence-electron chi connectivity index (χ0n) is 24.2. The molecule has 0 aromatic heterocycles. The number of carbonyl (C=O) groups excluding carboxylic acids is 3. The van der Waals surface area contributed by atoms with Crippen LogP contribution in [0.15, 0.2) is 40.7 Å². The number of halogens is 4. The number of carbonyl (C=O) groups is 3. The van der Waals surface area contributed by atoms with Crippen LogP contribution in [0.2, 0.25) is 0 Å². The predicted molar refractivity (Wildman–Crippen MR) is 157 cm³/mol. The minimum atomic E-state index is -4.86. The second kappa shape index (κ2) is 12.9. The van der Waals surface area contributed by atoms with E-state index in [1.165, 1.54) is 31.9 Å². The van der Waals surface area contributed by atoms with Crippen molar-refractivity contribution in [2.45, 2.75) is 52.3 Å². The highest BCUT2D eigenvalue weighted by molar-refractivity contribution is 8.00. The summed E-state index contributed by atoms with van der Waals surface area (Å²) in [4.78, 5) is 42.2. The lowest BCUT2D eigenvalue weighted by Gasteiger charge is -2.34. The second-order valence-electron chi connectivity index (χ2n) is 10.5. The fourth-order valence-corrected chi connectivity index (χ4v) is 5.91. The molecule has 230 valence electrons. The van der Waals surface area contributed by atoms with Crippen molar-refractivity contribution >= 4 is 47.3 Å². The molecule has 4 rings (SSSR count). The number of amides is 2. The van der Waals surface area contributed by atoms with Crippen LogP contribution in [0, 0.1) is 19.7 Å². The van der Waals surface area contributed by atoms with Crippen molar-refractivity contribution in [2.24, 2.45) is 4.99 Å². The standard InChI is InChI=1S/C30H32F4N4O4S/c1-18-15-23(38(20(3)39)12-13-42-21(4)40)16-19(2)24(18)7-14-43-37-10-8-29(9-11-37)28(41)35-27(36-29)22-5-6-26(31)25(17-22)30(32,33)34/h5-7,14-17H,8-13H2,1-4H3,(H,35,36,41)/b14-7+. The average Bonchev–Trinajstić information content (AvgIpc) is 3.23. The maximum absolute atomic E-state index is 13.7. The number of hydrogen-bond donors (Lipinski definition) is 1. The molecule has 0 bridgehead atoms. The van der Waals surface area contributed by atoms with Crippen LogP contribution in [0.4, 0.5) is 23.2 Å². The van der Waals surface area contributed by atoms with E-state index in [4.69, 9.17) is 4.74 Å². The van der Waals surface area contributed by atoms with E-state index < -0.39 is 29.1 Å². The molecule has 2 aromatic carbocycles. The molecule has 8 nitrogen and oxygen atoms in total. The number of rotatable bonds is 8. The van der Waals surface area contributed by atoms with Gasteiger partial charge in [-0.2, -0.15) is 13.2 Å². The van der Waals surface area contributed by atoms with E-state index >= 15 is 0 Å². The summed E-state index contributed by atoms with van der Waals surface area (Å²) in [7, 11) is 0. The van der Waals surface area contributed by atoms with Crippen molar-refractivity contribution in [3.05, 3.63) is 69.4 Å². The quantitative estimate of drug-likeness (QED) is 0.241. The molecular weight excluding hydrogens is 588 g/mol. The van der Waals surface area contributed by atoms with Crippen molar-refractivity contribution in [1.29, 1.82) is 0 Å². The topological polar surface area (TPSA) is 91.3 Å². The molecule has 0 radical (unpaired) electrons. The largest absolute Gasteiger partial charge is 0.464 e. The molecule has 1 fully saturated rings. The van der Waals surface area contributed by atoms with Crippen molar-refractivity contribution < 1.29 is 36.7 Å². The third-order valence-electron chi connectivity index (χ3n) is 7.41. The van der Waals surface area contributed by atoms with Gasteiger partial charge >= 0.3 is 12.1 Å². The van der Waals surface area contributed by atoms with Gasteiger partial charge in [0.1, 0.15) is 23.8 Å². The first-order valence-electron chi connectivity index (χ1n) is 13.6. The zero-order chi connectivity index (χ0) is 31.5. The van der Waals surface area contributed by atoms with Crippen LogP contribution in [-0.2, 0) is 25.3 Å². The summed E-state index contributed by atoms with van der Waals surface area (Å²) >= 11 is 1.48. The maximum Gasteiger partial charge on any atom is 0.419 e. The Labute approximate surface area is 251 Å². The fourth-order valence-electron chi connectivity index (χ4n) is 5.15. The molecular formula is C30H32F4N4O4S. The van der Waals surface area contributed by atoms with Gasteiger partial charge in [0, 0.05) is 38.2 Å². The van der Waals surface area contributed by atoms with Crippen molar-refractivity contribution in [3.8, 4) is 0 Å². The second-order valence-corrected chi connectivity index (χ2v) is 11.5. The Morgan fingerprint density at radius 1 is 1.14 bits per heavy atom. The number of aryl methyl sites for hydroxylation is 2. The lowest BCUT2D eigenvalue weighted by Crippen LogP contribution is -2.47. The van der Waals surface area contributed by atoms with Gasteiger partial charge in [0.15, 0.2) is 0 Å². The molecule has 2 aromatic rings. The van der Waals surface area contributed by atoms with Gasteiger partial charge in [-0.05, 0) is 85.2 Å². The number of alkyl halides is 3. The summed E-state index contributed by atoms with van der Waals surface area (Å²) in [6.07, 6.45) is -2.14. The van der Waals surface area contributed by atoms with E-state index in [-0.39, 0.29) is 36.4 Å². The van der Waals surface area contributed by atoms with Crippen molar-refractivity contribution in [3.63, 3.8) is 0 Å². The molecule has 0 aliphatic carbocycles. The molecule has 0 unspecified atom stereocenters. The SMILES string of the molecule is CC(=O)OCCN(C(C)=O)c1cc(C)c(/C=C/SN2CCC3(CC2)N=C(c2ccc(F)c(C(F)(F)F)c2)NC3=O)c(C)c1. The van der Waals surface area contributed by atoms with Gasteiger partial charge in [-0.25, -0.2) is 8.70 Å². The Kier molecular flexibility index (Phi) is 9.65. The number of benzene rings is 2. The van der Waals surface area contributed by atoms with Gasteiger partial charge in [-0.15, -0.1) is 0 Å². The van der Waals surface area contributed by atoms with Crippen LogP contribution >= 0.6 is 11.9 Å². The predicted octanol–water partition coefficient (Wildman–Crippen LogP) is 5.41. The Bertz CT molecular complexity index is 1460. The highest BCUT2D eigenvalue weighted by Crippen LogP contribution is 2.36. The van der Waals surface area contributed by atoms with E-state index in [0.29, 0.717) is 37.7 Å². The first-order valence-corrected chi connectivity index (χ1v) is 14.4. The normalized spacial score (nSPS) is 16.8. The molecule has 13 heteroatoms. The Morgan fingerprint density at radius 3 is 2.37 bits per heavy atom. The zero-order valence-corrected chi connectivity index (χ0v) is 25.0. The minimum absolute atomic E-state index is 0.00580. The molecule has 1 saturated heterocycles. The summed E-state index contributed by atoms with van der Waals surface area (Å²) in [6, 6.07) is 6.38. The Morgan fingerprint density at radius 2 is 1.79 bits per heavy atom. The van der Waals surface area contributed by atoms with Gasteiger partial charge in [-0.3, -0.25) is 19.4 Å². The summed E-state index contributed by atoms with van der Waals surface area (Å²) in [5.41, 5.74) is 1.15. The molecule has 1 N–H and O–H groups in total. The number of esters is 1. The monoisotopic (exact) mass is 620 g/mol. The smallest absolute Gasteiger partial charge is 0.419 e. The van der Waals surface area contributed by atoms with E-state index in [0.717, 1.165) is 22.8 Å². The summed E-state index contributed by atoms with van der Waals surface area (Å²) in [5, 5.41) is 4.53. The third-order valence-corrected chi connectivity index (χ3v) is 8.33. The number of amidine groups is 1. The molecule has 2 heterocycles. The van der Waals surface area contributed by atoms with Gasteiger partial charge in [-0.1, -0.05) is 11.9 Å². The summed E-state index contributed by atoms with van der Waals surface area (Å²) in [6.45, 7) is 8.05. The molecule has 2 amide bonds. The first-order chi connectivity index (χ1) is 20.2. The number of anilines is 1. The van der Waals surface area contributed by atoms with Gasteiger partial charge < -0.3 is 15.0 Å². The van der Waals surface area contributed by atoms with Crippen LogP contribution in [-0.4, -0.2) is 59.7 Å². The van der Waals surface area contributed by atoms with E-state index in [9.17, 15) is 31.9 Å². The van der Waals surface area contributed by atoms with Gasteiger partial charge in [0.05, 0.1) is 12.1 Å². The molecule has 1 spiro atoms. The van der Waals surface area contributed by atoms with E-state index in [1.807, 2.05) is 37.5 Å². The number of ether oxygens (including phenoxy) is 1. The lowest BCUT2D eigenvalue weighted by molar-refractivity contribution is -0.141. The molecule has 2 aliphatic heterocycles. The highest BCUT2D eigenvalue weighted by atomic mass is 32.2. The first kappa shape index (κ1) is 32.2. The number of nitrogens with one attached hydrogen (secondary N) is 1. The van der Waals surface area contributed by atoms with Crippen molar-refractivity contribution in [2.75, 3.05) is 31.1 Å². The fraction of sp³-hybridized carbons (Fsp3) is 0.400. The van der Waals surface area contributed by atoms with Gasteiger partial charge in [0.2, 0.25) is 5.91 Å². The Hall–Kier alpha value is -3.71. The molecule has 0 saturated carbocycles. The average molecular weight is 621 g/mol. The van der Waals surface area contributed by atoms with E-state index in [1.54, 1.807) is 4.90 Å². The van der Waals surface area contributed by atoms with Gasteiger partial charge in [0.25, 0.3) is 5.91 Å². The van der Waals surface area contributed by atoms with Crippen LogP contribution in [0.1, 0.15) is 54.5 Å². The van der Waals surface area contributed by atoms with Crippen LogP contribution < -0.4 is 10.2 Å². The number of piperidine rings is 1. The Balaban J connectivity index is 1.39. The third kappa shape index (κ3) is 7.45. The minimum Gasteiger partial charge on any atom is -0.464 e.